The van der Waals surface area contributed by atoms with Gasteiger partial charge in [-0.1, -0.05) is 49.6 Å². The molecule has 1 aromatic rings. The quantitative estimate of drug-likeness (QED) is 0.388. The van der Waals surface area contributed by atoms with Crippen molar-refractivity contribution in [3.05, 3.63) is 57.9 Å². The fraction of sp³-hybridized carbons (Fsp3) is 0.536. The zero-order valence-electron chi connectivity index (χ0n) is 20.6. The molecular weight excluding hydrogens is 430 g/mol. The molecule has 3 atom stereocenters. The summed E-state index contributed by atoms with van der Waals surface area (Å²) in [7, 11) is 1.31. The SMILES string of the molecule is COC(=O)[C@@H]1C(=O)C2=C(C[C@H]1C)NC(C)=C(C(=O)OC1CCCCCC1)[C@@H]2c1ccc(C)cc1. The third-order valence-corrected chi connectivity index (χ3v) is 7.45. The number of ether oxygens (including phenoxy) is 2. The van der Waals surface area contributed by atoms with Gasteiger partial charge in [-0.15, -0.1) is 0 Å². The van der Waals surface area contributed by atoms with Crippen molar-refractivity contribution >= 4 is 17.7 Å². The summed E-state index contributed by atoms with van der Waals surface area (Å²) in [5.41, 5.74) is 4.37. The van der Waals surface area contributed by atoms with Crippen LogP contribution in [0.1, 0.15) is 75.8 Å². The molecule has 1 N–H and O–H groups in total. The topological polar surface area (TPSA) is 81.7 Å². The van der Waals surface area contributed by atoms with Crippen LogP contribution in [0.3, 0.4) is 0 Å². The van der Waals surface area contributed by atoms with Crippen molar-refractivity contribution < 1.29 is 23.9 Å². The predicted octanol–water partition coefficient (Wildman–Crippen LogP) is 4.87. The minimum Gasteiger partial charge on any atom is -0.468 e. The monoisotopic (exact) mass is 465 g/mol. The van der Waals surface area contributed by atoms with Crippen LogP contribution in [-0.2, 0) is 23.9 Å². The highest BCUT2D eigenvalue weighted by molar-refractivity contribution is 6.12. The van der Waals surface area contributed by atoms with Crippen molar-refractivity contribution in [3.8, 4) is 0 Å². The Morgan fingerprint density at radius 1 is 1.00 bits per heavy atom. The van der Waals surface area contributed by atoms with E-state index in [-0.39, 0.29) is 23.8 Å². The van der Waals surface area contributed by atoms with Crippen LogP contribution in [0.2, 0.25) is 0 Å². The number of benzene rings is 1. The summed E-state index contributed by atoms with van der Waals surface area (Å²) in [4.78, 5) is 39.9. The lowest BCUT2D eigenvalue weighted by Crippen LogP contribution is -2.43. The van der Waals surface area contributed by atoms with E-state index < -0.39 is 17.8 Å². The van der Waals surface area contributed by atoms with Gasteiger partial charge in [0.25, 0.3) is 0 Å². The highest BCUT2D eigenvalue weighted by Gasteiger charge is 2.47. The molecule has 1 heterocycles. The number of methoxy groups -OCH3 is 1. The Kier molecular flexibility index (Phi) is 7.24. The van der Waals surface area contributed by atoms with Gasteiger partial charge in [0.2, 0.25) is 0 Å². The molecule has 1 aromatic carbocycles. The molecule has 0 spiro atoms. The van der Waals surface area contributed by atoms with Crippen LogP contribution in [0.15, 0.2) is 46.8 Å². The first kappa shape index (κ1) is 24.2. The third-order valence-electron chi connectivity index (χ3n) is 7.45. The smallest absolute Gasteiger partial charge is 0.337 e. The zero-order chi connectivity index (χ0) is 24.4. The molecule has 0 saturated heterocycles. The highest BCUT2D eigenvalue weighted by Crippen LogP contribution is 2.45. The maximum atomic E-state index is 13.8. The number of dihydropyridines is 1. The van der Waals surface area contributed by atoms with Gasteiger partial charge in [-0.3, -0.25) is 9.59 Å². The van der Waals surface area contributed by atoms with Gasteiger partial charge in [0.15, 0.2) is 5.78 Å². The predicted molar refractivity (Wildman–Crippen MR) is 129 cm³/mol. The molecule has 0 bridgehead atoms. The lowest BCUT2D eigenvalue weighted by atomic mass is 9.69. The minimum absolute atomic E-state index is 0.103. The van der Waals surface area contributed by atoms with Gasteiger partial charge in [-0.25, -0.2) is 4.79 Å². The van der Waals surface area contributed by atoms with E-state index in [1.54, 1.807) is 0 Å². The molecular formula is C28H35NO5. The average Bonchev–Trinajstić information content (AvgIpc) is 3.07. The minimum atomic E-state index is -0.879. The Balaban J connectivity index is 1.76. The first-order valence-corrected chi connectivity index (χ1v) is 12.4. The lowest BCUT2D eigenvalue weighted by molar-refractivity contribution is -0.151. The Morgan fingerprint density at radius 3 is 2.26 bits per heavy atom. The van der Waals surface area contributed by atoms with E-state index in [9.17, 15) is 14.4 Å². The molecule has 0 radical (unpaired) electrons. The number of esters is 2. The Bertz CT molecular complexity index is 1030. The van der Waals surface area contributed by atoms with Crippen molar-refractivity contribution in [2.24, 2.45) is 11.8 Å². The number of carbonyl (C=O) groups excluding carboxylic acids is 3. The summed E-state index contributed by atoms with van der Waals surface area (Å²) in [6, 6.07) is 7.88. The molecule has 1 aliphatic heterocycles. The van der Waals surface area contributed by atoms with Gasteiger partial charge in [-0.2, -0.15) is 0 Å². The summed E-state index contributed by atoms with van der Waals surface area (Å²) < 4.78 is 11.0. The molecule has 4 rings (SSSR count). The molecule has 6 nitrogen and oxygen atoms in total. The Hall–Kier alpha value is -2.89. The molecule has 182 valence electrons. The van der Waals surface area contributed by atoms with Crippen LogP contribution in [0, 0.1) is 18.8 Å². The molecule has 1 saturated carbocycles. The second-order valence-corrected chi connectivity index (χ2v) is 9.96. The van der Waals surface area contributed by atoms with E-state index in [0.717, 1.165) is 42.5 Å². The van der Waals surface area contributed by atoms with Gasteiger partial charge < -0.3 is 14.8 Å². The Labute approximate surface area is 201 Å². The number of allylic oxidation sites excluding steroid dienone is 3. The number of rotatable bonds is 4. The molecule has 1 fully saturated rings. The summed E-state index contributed by atoms with van der Waals surface area (Å²) in [5, 5.41) is 3.33. The summed E-state index contributed by atoms with van der Waals surface area (Å²) in [6.07, 6.45) is 6.62. The maximum absolute atomic E-state index is 13.8. The molecule has 0 aromatic heterocycles. The van der Waals surface area contributed by atoms with Gasteiger partial charge >= 0.3 is 11.9 Å². The molecule has 0 unspecified atom stereocenters. The van der Waals surface area contributed by atoms with E-state index in [1.165, 1.54) is 20.0 Å². The van der Waals surface area contributed by atoms with Gasteiger partial charge in [0.1, 0.15) is 12.0 Å². The number of aryl methyl sites for hydroxylation is 1. The van der Waals surface area contributed by atoms with Gasteiger partial charge in [0.05, 0.1) is 12.7 Å². The van der Waals surface area contributed by atoms with Gasteiger partial charge in [0, 0.05) is 22.9 Å². The van der Waals surface area contributed by atoms with Crippen LogP contribution in [0.25, 0.3) is 0 Å². The van der Waals surface area contributed by atoms with Crippen LogP contribution in [-0.4, -0.2) is 30.9 Å². The first-order chi connectivity index (χ1) is 16.3. The van der Waals surface area contributed by atoms with Crippen molar-refractivity contribution in [2.75, 3.05) is 7.11 Å². The molecule has 0 amide bonds. The van der Waals surface area contributed by atoms with E-state index in [0.29, 0.717) is 23.3 Å². The molecule has 34 heavy (non-hydrogen) atoms. The largest absolute Gasteiger partial charge is 0.468 e. The third kappa shape index (κ3) is 4.68. The van der Waals surface area contributed by atoms with Crippen LogP contribution in [0.5, 0.6) is 0 Å². The van der Waals surface area contributed by atoms with E-state index in [4.69, 9.17) is 9.47 Å². The standard InChI is InChI=1S/C28H35NO5/c1-16-11-13-19(14-12-16)24-23(28(32)34-20-9-7-5-6-8-10-20)18(3)29-21-15-17(2)22(27(31)33-4)26(30)25(21)24/h11-14,17,20,22,24,29H,5-10,15H2,1-4H3/t17-,22+,24+/m1/s1. The molecule has 3 aliphatic rings. The summed E-state index contributed by atoms with van der Waals surface area (Å²) in [5.74, 6) is -2.84. The average molecular weight is 466 g/mol. The lowest BCUT2D eigenvalue weighted by Gasteiger charge is -2.38. The van der Waals surface area contributed by atoms with Crippen molar-refractivity contribution in [1.82, 2.24) is 5.32 Å². The second kappa shape index (κ2) is 10.2. The summed E-state index contributed by atoms with van der Waals surface area (Å²) in [6.45, 7) is 5.76. The van der Waals surface area contributed by atoms with Crippen LogP contribution in [0.4, 0.5) is 0 Å². The van der Waals surface area contributed by atoms with Crippen LogP contribution >= 0.6 is 0 Å². The highest BCUT2D eigenvalue weighted by atomic mass is 16.5. The number of nitrogens with one attached hydrogen (secondary N) is 1. The second-order valence-electron chi connectivity index (χ2n) is 9.96. The van der Waals surface area contributed by atoms with Crippen molar-refractivity contribution in [2.45, 2.75) is 77.7 Å². The van der Waals surface area contributed by atoms with Crippen LogP contribution < -0.4 is 5.32 Å². The normalized spacial score (nSPS) is 25.9. The number of Topliss-reactive ketones (excluding diaryl/α,β-unsaturated/α-hetero) is 1. The maximum Gasteiger partial charge on any atom is 0.337 e. The number of hydrogen-bond acceptors (Lipinski definition) is 6. The van der Waals surface area contributed by atoms with Crippen molar-refractivity contribution in [1.29, 1.82) is 0 Å². The van der Waals surface area contributed by atoms with E-state index >= 15 is 0 Å². The molecule has 2 aliphatic carbocycles. The van der Waals surface area contributed by atoms with E-state index in [2.05, 4.69) is 5.32 Å². The van der Waals surface area contributed by atoms with E-state index in [1.807, 2.05) is 45.0 Å². The summed E-state index contributed by atoms with van der Waals surface area (Å²) >= 11 is 0. The first-order valence-electron chi connectivity index (χ1n) is 12.4. The van der Waals surface area contributed by atoms with Crippen molar-refractivity contribution in [3.63, 3.8) is 0 Å². The number of ketones is 1. The zero-order valence-corrected chi connectivity index (χ0v) is 20.6. The number of carbonyl (C=O) groups is 3. The molecule has 6 heteroatoms. The number of hydrogen-bond donors (Lipinski definition) is 1. The fourth-order valence-electron chi connectivity index (χ4n) is 5.62. The van der Waals surface area contributed by atoms with Gasteiger partial charge in [-0.05, 0) is 57.4 Å². The Morgan fingerprint density at radius 2 is 1.65 bits per heavy atom. The fourth-order valence-corrected chi connectivity index (χ4v) is 5.62.